The van der Waals surface area contributed by atoms with E-state index in [0.717, 1.165) is 6.54 Å². The van der Waals surface area contributed by atoms with Gasteiger partial charge in [-0.2, -0.15) is 0 Å². The lowest BCUT2D eigenvalue weighted by Gasteiger charge is -2.18. The topological polar surface area (TPSA) is 12.0 Å². The van der Waals surface area contributed by atoms with E-state index in [0.29, 0.717) is 0 Å². The van der Waals surface area contributed by atoms with Crippen molar-refractivity contribution in [3.8, 4) is 11.1 Å². The van der Waals surface area contributed by atoms with Crippen molar-refractivity contribution in [3.05, 3.63) is 53.6 Å². The summed E-state index contributed by atoms with van der Waals surface area (Å²) >= 11 is 0. The van der Waals surface area contributed by atoms with E-state index >= 15 is 0 Å². The van der Waals surface area contributed by atoms with Crippen LogP contribution in [0.15, 0.2) is 42.5 Å². The van der Waals surface area contributed by atoms with Crippen LogP contribution >= 0.6 is 0 Å². The van der Waals surface area contributed by atoms with Gasteiger partial charge in [-0.05, 0) is 60.1 Å². The van der Waals surface area contributed by atoms with Gasteiger partial charge in [0, 0.05) is 12.2 Å². The molecule has 0 fully saturated rings. The van der Waals surface area contributed by atoms with Crippen LogP contribution in [0.4, 0.5) is 5.69 Å². The van der Waals surface area contributed by atoms with Crippen LogP contribution in [0.25, 0.3) is 11.1 Å². The number of unbranched alkanes of at least 4 members (excludes halogenated alkanes) is 1. The normalized spacial score (nSPS) is 13.7. The van der Waals surface area contributed by atoms with E-state index in [9.17, 15) is 0 Å². The Bertz CT molecular complexity index is 569. The molecular weight excluding hydrogens is 242 g/mol. The van der Waals surface area contributed by atoms with Crippen molar-refractivity contribution in [2.45, 2.75) is 39.0 Å². The van der Waals surface area contributed by atoms with Crippen LogP contribution in [0, 0.1) is 0 Å². The first-order valence-corrected chi connectivity index (χ1v) is 7.83. The molecule has 0 spiro atoms. The zero-order valence-electron chi connectivity index (χ0n) is 12.3. The molecule has 0 aromatic heterocycles. The quantitative estimate of drug-likeness (QED) is 0.815. The maximum atomic E-state index is 3.47. The summed E-state index contributed by atoms with van der Waals surface area (Å²) < 4.78 is 0. The summed E-state index contributed by atoms with van der Waals surface area (Å²) in [6.07, 6.45) is 6.19. The molecule has 0 aliphatic carbocycles. The Morgan fingerprint density at radius 2 is 1.80 bits per heavy atom. The maximum absolute atomic E-state index is 3.47. The van der Waals surface area contributed by atoms with E-state index in [2.05, 4.69) is 54.7 Å². The van der Waals surface area contributed by atoms with Gasteiger partial charge >= 0.3 is 0 Å². The molecule has 0 unspecified atom stereocenters. The Morgan fingerprint density at radius 3 is 2.60 bits per heavy atom. The standard InChI is InChI=1S/C19H23N/c1-2-3-5-15-7-9-16(10-8-15)17-11-12-19-18(14-17)6-4-13-20-19/h7-12,14,20H,2-6,13H2,1H3. The van der Waals surface area contributed by atoms with Crippen molar-refractivity contribution in [2.24, 2.45) is 0 Å². The molecule has 20 heavy (non-hydrogen) atoms. The number of aryl methyl sites for hydroxylation is 2. The number of nitrogens with one attached hydrogen (secondary N) is 1. The van der Waals surface area contributed by atoms with Crippen molar-refractivity contribution in [3.63, 3.8) is 0 Å². The van der Waals surface area contributed by atoms with Crippen LogP contribution in [0.3, 0.4) is 0 Å². The van der Waals surface area contributed by atoms with Gasteiger partial charge in [0.25, 0.3) is 0 Å². The molecule has 1 aliphatic rings. The van der Waals surface area contributed by atoms with Crippen LogP contribution in [-0.4, -0.2) is 6.54 Å². The molecule has 2 aromatic carbocycles. The van der Waals surface area contributed by atoms with Gasteiger partial charge in [-0.25, -0.2) is 0 Å². The summed E-state index contributed by atoms with van der Waals surface area (Å²) in [4.78, 5) is 0. The molecule has 0 radical (unpaired) electrons. The molecular formula is C19H23N. The molecule has 0 bridgehead atoms. The van der Waals surface area contributed by atoms with Crippen molar-refractivity contribution in [2.75, 3.05) is 11.9 Å². The summed E-state index contributed by atoms with van der Waals surface area (Å²) in [5.41, 5.74) is 6.91. The van der Waals surface area contributed by atoms with E-state index in [1.165, 1.54) is 60.0 Å². The minimum absolute atomic E-state index is 1.11. The summed E-state index contributed by atoms with van der Waals surface area (Å²) in [5, 5.41) is 3.47. The van der Waals surface area contributed by atoms with E-state index < -0.39 is 0 Å². The molecule has 3 rings (SSSR count). The third-order valence-electron chi connectivity index (χ3n) is 4.15. The van der Waals surface area contributed by atoms with Crippen molar-refractivity contribution < 1.29 is 0 Å². The highest BCUT2D eigenvalue weighted by Gasteiger charge is 2.09. The zero-order chi connectivity index (χ0) is 13.8. The van der Waals surface area contributed by atoms with Gasteiger partial charge in [0.2, 0.25) is 0 Å². The van der Waals surface area contributed by atoms with Gasteiger partial charge in [-0.15, -0.1) is 0 Å². The maximum Gasteiger partial charge on any atom is 0.0373 e. The number of hydrogen-bond donors (Lipinski definition) is 1. The van der Waals surface area contributed by atoms with E-state index in [1.54, 1.807) is 0 Å². The largest absolute Gasteiger partial charge is 0.385 e. The first kappa shape index (κ1) is 13.2. The first-order chi connectivity index (χ1) is 9.86. The lowest BCUT2D eigenvalue weighted by Crippen LogP contribution is -2.11. The monoisotopic (exact) mass is 265 g/mol. The molecule has 0 amide bonds. The number of rotatable bonds is 4. The smallest absolute Gasteiger partial charge is 0.0373 e. The van der Waals surface area contributed by atoms with Crippen molar-refractivity contribution >= 4 is 5.69 Å². The summed E-state index contributed by atoms with van der Waals surface area (Å²) in [5.74, 6) is 0. The molecule has 0 saturated carbocycles. The Labute approximate surface area is 122 Å². The molecule has 104 valence electrons. The van der Waals surface area contributed by atoms with Gasteiger partial charge in [0.05, 0.1) is 0 Å². The number of fused-ring (bicyclic) bond motifs is 1. The fraction of sp³-hybridized carbons (Fsp3) is 0.368. The molecule has 0 saturated heterocycles. The number of benzene rings is 2. The SMILES string of the molecule is CCCCc1ccc(-c2ccc3c(c2)CCCN3)cc1. The molecule has 1 N–H and O–H groups in total. The van der Waals surface area contributed by atoms with Gasteiger partial charge < -0.3 is 5.32 Å². The Morgan fingerprint density at radius 1 is 1.00 bits per heavy atom. The zero-order valence-corrected chi connectivity index (χ0v) is 12.3. The van der Waals surface area contributed by atoms with Crippen LogP contribution in [0.5, 0.6) is 0 Å². The summed E-state index contributed by atoms with van der Waals surface area (Å²) in [7, 11) is 0. The van der Waals surface area contributed by atoms with E-state index in [1.807, 2.05) is 0 Å². The summed E-state index contributed by atoms with van der Waals surface area (Å²) in [6, 6.07) is 15.9. The van der Waals surface area contributed by atoms with Crippen LogP contribution in [0.2, 0.25) is 0 Å². The van der Waals surface area contributed by atoms with E-state index in [4.69, 9.17) is 0 Å². The number of anilines is 1. The highest BCUT2D eigenvalue weighted by molar-refractivity contribution is 5.69. The number of hydrogen-bond acceptors (Lipinski definition) is 1. The van der Waals surface area contributed by atoms with Crippen LogP contribution in [-0.2, 0) is 12.8 Å². The molecule has 1 heterocycles. The second-order valence-electron chi connectivity index (χ2n) is 5.70. The average Bonchev–Trinajstić information content (AvgIpc) is 2.53. The highest BCUT2D eigenvalue weighted by Crippen LogP contribution is 2.28. The minimum Gasteiger partial charge on any atom is -0.385 e. The van der Waals surface area contributed by atoms with Gasteiger partial charge in [-0.3, -0.25) is 0 Å². The molecule has 2 aromatic rings. The Kier molecular flexibility index (Phi) is 4.05. The predicted octanol–water partition coefficient (Wildman–Crippen LogP) is 5.05. The van der Waals surface area contributed by atoms with Crippen LogP contribution < -0.4 is 5.32 Å². The minimum atomic E-state index is 1.11. The molecule has 1 aliphatic heterocycles. The fourth-order valence-corrected chi connectivity index (χ4v) is 2.90. The van der Waals surface area contributed by atoms with Crippen molar-refractivity contribution in [1.29, 1.82) is 0 Å². The van der Waals surface area contributed by atoms with Gasteiger partial charge in [0.15, 0.2) is 0 Å². The molecule has 0 atom stereocenters. The second kappa shape index (κ2) is 6.13. The Hall–Kier alpha value is -1.76. The lowest BCUT2D eigenvalue weighted by atomic mass is 9.96. The molecule has 1 nitrogen and oxygen atoms in total. The Balaban J connectivity index is 1.81. The predicted molar refractivity (Wildman–Crippen MR) is 87.3 cm³/mol. The fourth-order valence-electron chi connectivity index (χ4n) is 2.90. The van der Waals surface area contributed by atoms with Crippen molar-refractivity contribution in [1.82, 2.24) is 0 Å². The average molecular weight is 265 g/mol. The van der Waals surface area contributed by atoms with Gasteiger partial charge in [0.1, 0.15) is 0 Å². The molecule has 1 heteroatoms. The third kappa shape index (κ3) is 2.87. The highest BCUT2D eigenvalue weighted by atomic mass is 14.9. The summed E-state index contributed by atoms with van der Waals surface area (Å²) in [6.45, 7) is 3.36. The first-order valence-electron chi connectivity index (χ1n) is 7.83. The third-order valence-corrected chi connectivity index (χ3v) is 4.15. The van der Waals surface area contributed by atoms with Gasteiger partial charge in [-0.1, -0.05) is 43.7 Å². The lowest BCUT2D eigenvalue weighted by molar-refractivity contribution is 0.795. The van der Waals surface area contributed by atoms with E-state index in [-0.39, 0.29) is 0 Å². The van der Waals surface area contributed by atoms with Crippen LogP contribution in [0.1, 0.15) is 37.3 Å². The second-order valence-corrected chi connectivity index (χ2v) is 5.70.